The average molecular weight is 527 g/mol. The van der Waals surface area contributed by atoms with E-state index in [0.717, 1.165) is 24.6 Å². The molecule has 0 saturated heterocycles. The Bertz CT molecular complexity index is 1330. The van der Waals surface area contributed by atoms with Gasteiger partial charge in [-0.2, -0.15) is 0 Å². The van der Waals surface area contributed by atoms with Crippen LogP contribution in [0.2, 0.25) is 0 Å². The Morgan fingerprint density at radius 3 is 2.35 bits per heavy atom. The number of carbonyl (C=O) groups is 3. The van der Waals surface area contributed by atoms with Crippen molar-refractivity contribution in [2.45, 2.75) is 17.7 Å². The lowest BCUT2D eigenvalue weighted by atomic mass is 10.1. The van der Waals surface area contributed by atoms with Gasteiger partial charge in [0.15, 0.2) is 0 Å². The van der Waals surface area contributed by atoms with Crippen molar-refractivity contribution in [3.63, 3.8) is 0 Å². The molecule has 3 rings (SSSR count). The van der Waals surface area contributed by atoms with Crippen molar-refractivity contribution in [2.24, 2.45) is 0 Å². The minimum absolute atomic E-state index is 0.00565. The highest BCUT2D eigenvalue weighted by Crippen LogP contribution is 2.14. The summed E-state index contributed by atoms with van der Waals surface area (Å²) in [5.74, 6) is -1.52. The van der Waals surface area contributed by atoms with Crippen LogP contribution < -0.4 is 20.1 Å². The maximum Gasteiger partial charge on any atom is 0.414 e. The normalized spacial score (nSPS) is 10.8. The second-order valence-electron chi connectivity index (χ2n) is 7.73. The van der Waals surface area contributed by atoms with E-state index in [9.17, 15) is 22.8 Å². The Balaban J connectivity index is 1.56. The van der Waals surface area contributed by atoms with E-state index in [1.165, 1.54) is 36.4 Å². The maximum atomic E-state index is 12.7. The fourth-order valence-corrected chi connectivity index (χ4v) is 4.17. The number of amides is 3. The Hall–Kier alpha value is -4.29. The molecule has 0 atom stereocenters. The van der Waals surface area contributed by atoms with E-state index in [2.05, 4.69) is 15.6 Å². The van der Waals surface area contributed by atoms with Gasteiger partial charge in [0.1, 0.15) is 0 Å². The van der Waals surface area contributed by atoms with Gasteiger partial charge < -0.3 is 20.5 Å². The summed E-state index contributed by atoms with van der Waals surface area (Å²) in [6.45, 7) is 0.143. The van der Waals surface area contributed by atoms with E-state index in [4.69, 9.17) is 9.84 Å². The van der Waals surface area contributed by atoms with Crippen molar-refractivity contribution < 1.29 is 32.6 Å². The lowest BCUT2D eigenvalue weighted by molar-refractivity contribution is 0.0951. The zero-order chi connectivity index (χ0) is 26.7. The zero-order valence-corrected chi connectivity index (χ0v) is 20.5. The van der Waals surface area contributed by atoms with Gasteiger partial charge in [-0.3, -0.25) is 9.59 Å². The molecule has 0 aliphatic heterocycles. The molecular weight excluding hydrogens is 500 g/mol. The van der Waals surface area contributed by atoms with Gasteiger partial charge >= 0.3 is 6.09 Å². The first kappa shape index (κ1) is 27.3. The third-order valence-electron chi connectivity index (χ3n) is 4.98. The van der Waals surface area contributed by atoms with Crippen LogP contribution in [-0.2, 0) is 16.4 Å². The third-order valence-corrected chi connectivity index (χ3v) is 6.31. The molecule has 2 aromatic carbocycles. The highest BCUT2D eigenvalue weighted by molar-refractivity contribution is 7.90. The molecule has 0 fully saturated rings. The van der Waals surface area contributed by atoms with Crippen LogP contribution in [0, 0.1) is 0 Å². The Morgan fingerprint density at radius 1 is 0.865 bits per heavy atom. The lowest BCUT2D eigenvalue weighted by Gasteiger charge is -2.10. The molecule has 37 heavy (non-hydrogen) atoms. The number of sulfonamides is 1. The first-order chi connectivity index (χ1) is 17.8. The van der Waals surface area contributed by atoms with Crippen LogP contribution in [0.1, 0.15) is 32.7 Å². The highest BCUT2D eigenvalue weighted by Gasteiger charge is 2.20. The summed E-state index contributed by atoms with van der Waals surface area (Å²) in [6.07, 6.45) is 1.70. The van der Waals surface area contributed by atoms with Gasteiger partial charge in [0.05, 0.1) is 17.1 Å². The first-order valence-electron chi connectivity index (χ1n) is 11.3. The average Bonchev–Trinajstić information content (AvgIpc) is 2.90. The lowest BCUT2D eigenvalue weighted by Crippen LogP contribution is -2.31. The largest absolute Gasteiger partial charge is 0.414 e. The predicted octanol–water partition coefficient (Wildman–Crippen LogP) is 1.64. The van der Waals surface area contributed by atoms with Crippen LogP contribution >= 0.6 is 0 Å². The van der Waals surface area contributed by atoms with Crippen LogP contribution in [-0.4, -0.2) is 56.1 Å². The number of ether oxygens (including phenoxy) is 1. The number of benzene rings is 2. The van der Waals surface area contributed by atoms with Crippen LogP contribution in [0.3, 0.4) is 0 Å². The van der Waals surface area contributed by atoms with Crippen molar-refractivity contribution in [1.82, 2.24) is 20.3 Å². The number of aromatic nitrogens is 1. The summed E-state index contributed by atoms with van der Waals surface area (Å²) >= 11 is 0. The Kier molecular flexibility index (Phi) is 9.69. The van der Waals surface area contributed by atoms with Crippen molar-refractivity contribution in [2.75, 3.05) is 19.7 Å². The number of hydrogen-bond donors (Lipinski definition) is 4. The zero-order valence-electron chi connectivity index (χ0n) is 19.7. The van der Waals surface area contributed by atoms with Crippen LogP contribution in [0.4, 0.5) is 4.79 Å². The van der Waals surface area contributed by atoms with Crippen molar-refractivity contribution in [3.8, 4) is 5.88 Å². The molecule has 3 aromatic rings. The summed E-state index contributed by atoms with van der Waals surface area (Å²) < 4.78 is 32.3. The molecule has 3 amide bonds. The van der Waals surface area contributed by atoms with E-state index in [1.807, 2.05) is 35.1 Å². The van der Waals surface area contributed by atoms with Gasteiger partial charge in [-0.25, -0.2) is 22.9 Å². The number of carbonyl (C=O) groups excluding carboxylic acids is 3. The number of hydrogen-bond acceptors (Lipinski definition) is 8. The number of nitrogens with one attached hydrogen (secondary N) is 3. The Labute approximate surface area is 213 Å². The molecule has 0 saturated carbocycles. The smallest absolute Gasteiger partial charge is 0.395 e. The molecule has 1 aromatic heterocycles. The van der Waals surface area contributed by atoms with Gasteiger partial charge in [0, 0.05) is 30.9 Å². The SMILES string of the molecule is O=C(NCCO)Oc1ccc(C(=O)NS(=O)(=O)c2cccc(C(=O)NCCCc3ccccc3)c2)cn1. The van der Waals surface area contributed by atoms with Crippen LogP contribution in [0.15, 0.2) is 77.8 Å². The van der Waals surface area contributed by atoms with E-state index >= 15 is 0 Å². The van der Waals surface area contributed by atoms with Crippen molar-refractivity contribution >= 4 is 27.9 Å². The third kappa shape index (κ3) is 8.40. The van der Waals surface area contributed by atoms with E-state index in [-0.39, 0.29) is 35.1 Å². The standard InChI is InChI=1S/C25H26N4O7S/c30-15-14-27-25(33)36-22-12-11-20(17-28-22)24(32)29-37(34,35)21-10-4-9-19(16-21)23(31)26-13-5-8-18-6-2-1-3-7-18/h1-4,6-7,9-12,16-17,30H,5,8,13-15H2,(H,26,31)(H,27,33)(H,29,32). The molecule has 0 bridgehead atoms. The molecular formula is C25H26N4O7S. The summed E-state index contributed by atoms with van der Waals surface area (Å²) in [6, 6.07) is 17.6. The molecule has 0 radical (unpaired) electrons. The van der Waals surface area contributed by atoms with E-state index in [1.54, 1.807) is 0 Å². The molecule has 194 valence electrons. The molecule has 0 aliphatic carbocycles. The highest BCUT2D eigenvalue weighted by atomic mass is 32.2. The summed E-state index contributed by atoms with van der Waals surface area (Å²) in [4.78, 5) is 40.0. The topological polar surface area (TPSA) is 164 Å². The van der Waals surface area contributed by atoms with Gasteiger partial charge in [-0.05, 0) is 42.7 Å². The monoisotopic (exact) mass is 526 g/mol. The fourth-order valence-electron chi connectivity index (χ4n) is 3.15. The van der Waals surface area contributed by atoms with E-state index in [0.29, 0.717) is 6.54 Å². The van der Waals surface area contributed by atoms with Gasteiger partial charge in [0.25, 0.3) is 21.8 Å². The van der Waals surface area contributed by atoms with Crippen LogP contribution in [0.5, 0.6) is 5.88 Å². The molecule has 1 heterocycles. The number of nitrogens with zero attached hydrogens (tertiary/aromatic N) is 1. The van der Waals surface area contributed by atoms with Crippen LogP contribution in [0.25, 0.3) is 0 Å². The second kappa shape index (κ2) is 13.1. The van der Waals surface area contributed by atoms with Gasteiger partial charge in [-0.15, -0.1) is 0 Å². The predicted molar refractivity (Wildman–Crippen MR) is 134 cm³/mol. The quantitative estimate of drug-likeness (QED) is 0.274. The maximum absolute atomic E-state index is 12.7. The first-order valence-corrected chi connectivity index (χ1v) is 12.8. The minimum Gasteiger partial charge on any atom is -0.395 e. The molecule has 11 nitrogen and oxygen atoms in total. The van der Waals surface area contributed by atoms with Gasteiger partial charge in [-0.1, -0.05) is 36.4 Å². The number of aliphatic hydroxyl groups is 1. The molecule has 0 spiro atoms. The van der Waals surface area contributed by atoms with Crippen molar-refractivity contribution in [3.05, 3.63) is 89.6 Å². The summed E-state index contributed by atoms with van der Waals surface area (Å²) in [7, 11) is -4.29. The van der Waals surface area contributed by atoms with Crippen molar-refractivity contribution in [1.29, 1.82) is 0 Å². The minimum atomic E-state index is -4.29. The summed E-state index contributed by atoms with van der Waals surface area (Å²) in [5, 5.41) is 13.7. The second-order valence-corrected chi connectivity index (χ2v) is 9.41. The number of aryl methyl sites for hydroxylation is 1. The Morgan fingerprint density at radius 2 is 1.65 bits per heavy atom. The fraction of sp³-hybridized carbons (Fsp3) is 0.200. The molecule has 12 heteroatoms. The van der Waals surface area contributed by atoms with Gasteiger partial charge in [0.2, 0.25) is 5.88 Å². The molecule has 0 aliphatic rings. The number of rotatable bonds is 11. The van der Waals surface area contributed by atoms with E-state index < -0.39 is 27.9 Å². The summed E-state index contributed by atoms with van der Waals surface area (Å²) in [5.41, 5.74) is 1.19. The molecule has 0 unspecified atom stereocenters. The number of pyridine rings is 1. The molecule has 4 N–H and O–H groups in total. The number of aliphatic hydroxyl groups excluding tert-OH is 1.